The molecular formula is C10H16N4O3. The fraction of sp³-hybridized carbons (Fsp3) is 0.500. The van der Waals surface area contributed by atoms with Crippen LogP contribution in [0.15, 0.2) is 12.3 Å². The van der Waals surface area contributed by atoms with Gasteiger partial charge in [0.2, 0.25) is 17.7 Å². The van der Waals surface area contributed by atoms with Gasteiger partial charge in [-0.1, -0.05) is 0 Å². The first-order valence-electron chi connectivity index (χ1n) is 5.13. The van der Waals surface area contributed by atoms with E-state index in [9.17, 15) is 4.79 Å². The Morgan fingerprint density at radius 3 is 3.00 bits per heavy atom. The molecule has 0 aliphatic rings. The summed E-state index contributed by atoms with van der Waals surface area (Å²) in [5.41, 5.74) is 0. The van der Waals surface area contributed by atoms with Crippen molar-refractivity contribution in [2.75, 3.05) is 39.2 Å². The van der Waals surface area contributed by atoms with Crippen molar-refractivity contribution in [2.24, 2.45) is 0 Å². The molecular weight excluding hydrogens is 224 g/mol. The molecule has 7 heteroatoms. The molecule has 1 rings (SSSR count). The number of anilines is 1. The van der Waals surface area contributed by atoms with Crippen LogP contribution in [0.1, 0.15) is 0 Å². The number of carbonyl (C=O) groups is 1. The van der Waals surface area contributed by atoms with E-state index in [1.54, 1.807) is 19.4 Å². The molecule has 1 aromatic rings. The Morgan fingerprint density at radius 1 is 1.47 bits per heavy atom. The molecule has 0 fully saturated rings. The standard InChI is InChI=1S/C10H16N4O3/c1-16-6-5-11-8(15)7-13-10-12-4-3-9(14-10)17-2/h3-4H,5-7H2,1-2H3,(H,11,15)(H,12,13,14). The lowest BCUT2D eigenvalue weighted by atomic mass is 10.5. The van der Waals surface area contributed by atoms with Crippen LogP contribution in [0, 0.1) is 0 Å². The minimum absolute atomic E-state index is 0.108. The Hall–Kier alpha value is -1.89. The molecule has 0 aliphatic heterocycles. The Balaban J connectivity index is 2.31. The average molecular weight is 240 g/mol. The first-order chi connectivity index (χ1) is 8.26. The molecule has 7 nitrogen and oxygen atoms in total. The molecule has 2 N–H and O–H groups in total. The number of nitrogens with one attached hydrogen (secondary N) is 2. The highest BCUT2D eigenvalue weighted by Gasteiger charge is 2.02. The molecule has 1 amide bonds. The molecule has 0 saturated heterocycles. The summed E-state index contributed by atoms with van der Waals surface area (Å²) in [5.74, 6) is 0.655. The summed E-state index contributed by atoms with van der Waals surface area (Å²) in [5, 5.41) is 5.46. The van der Waals surface area contributed by atoms with Crippen LogP contribution in [0.25, 0.3) is 0 Å². The van der Waals surface area contributed by atoms with Gasteiger partial charge < -0.3 is 20.1 Å². The van der Waals surface area contributed by atoms with Crippen molar-refractivity contribution in [1.82, 2.24) is 15.3 Å². The van der Waals surface area contributed by atoms with Gasteiger partial charge >= 0.3 is 0 Å². The minimum atomic E-state index is -0.145. The van der Waals surface area contributed by atoms with Gasteiger partial charge in [0.15, 0.2) is 0 Å². The zero-order valence-electron chi connectivity index (χ0n) is 9.90. The second-order valence-electron chi connectivity index (χ2n) is 3.12. The van der Waals surface area contributed by atoms with E-state index in [1.165, 1.54) is 7.11 Å². The smallest absolute Gasteiger partial charge is 0.239 e. The number of carbonyl (C=O) groups excluding carboxylic acids is 1. The number of hydrogen-bond acceptors (Lipinski definition) is 6. The van der Waals surface area contributed by atoms with Gasteiger partial charge in [0, 0.05) is 25.9 Å². The van der Waals surface area contributed by atoms with Crippen LogP contribution in [0.2, 0.25) is 0 Å². The lowest BCUT2D eigenvalue weighted by Crippen LogP contribution is -2.32. The molecule has 0 bridgehead atoms. The lowest BCUT2D eigenvalue weighted by Gasteiger charge is -2.06. The molecule has 0 atom stereocenters. The van der Waals surface area contributed by atoms with E-state index in [-0.39, 0.29) is 12.5 Å². The molecule has 94 valence electrons. The van der Waals surface area contributed by atoms with Crippen molar-refractivity contribution in [2.45, 2.75) is 0 Å². The van der Waals surface area contributed by atoms with Crippen LogP contribution in [0.4, 0.5) is 5.95 Å². The van der Waals surface area contributed by atoms with E-state index in [0.29, 0.717) is 25.0 Å². The summed E-state index contributed by atoms with van der Waals surface area (Å²) in [6, 6.07) is 1.63. The van der Waals surface area contributed by atoms with Crippen LogP contribution >= 0.6 is 0 Å². The van der Waals surface area contributed by atoms with E-state index >= 15 is 0 Å². The minimum Gasteiger partial charge on any atom is -0.481 e. The van der Waals surface area contributed by atoms with Gasteiger partial charge in [0.25, 0.3) is 0 Å². The summed E-state index contributed by atoms with van der Waals surface area (Å²) in [6.07, 6.45) is 1.55. The first kappa shape index (κ1) is 13.2. The number of aromatic nitrogens is 2. The van der Waals surface area contributed by atoms with Crippen molar-refractivity contribution in [3.63, 3.8) is 0 Å². The van der Waals surface area contributed by atoms with E-state index in [1.807, 2.05) is 0 Å². The van der Waals surface area contributed by atoms with Crippen molar-refractivity contribution >= 4 is 11.9 Å². The predicted octanol–water partition coefficient (Wildman–Crippen LogP) is -0.340. The molecule has 17 heavy (non-hydrogen) atoms. The van der Waals surface area contributed by atoms with Crippen molar-refractivity contribution < 1.29 is 14.3 Å². The highest BCUT2D eigenvalue weighted by atomic mass is 16.5. The Labute approximate surface area is 99.5 Å². The fourth-order valence-electron chi connectivity index (χ4n) is 1.06. The SMILES string of the molecule is COCCNC(=O)CNc1nccc(OC)n1. The highest BCUT2D eigenvalue weighted by Crippen LogP contribution is 2.06. The van der Waals surface area contributed by atoms with Crippen molar-refractivity contribution in [3.8, 4) is 5.88 Å². The highest BCUT2D eigenvalue weighted by molar-refractivity contribution is 5.80. The third-order valence-corrected chi connectivity index (χ3v) is 1.87. The lowest BCUT2D eigenvalue weighted by molar-refractivity contribution is -0.119. The van der Waals surface area contributed by atoms with Crippen molar-refractivity contribution in [1.29, 1.82) is 0 Å². The second kappa shape index (κ2) is 7.39. The molecule has 0 unspecified atom stereocenters. The summed E-state index contributed by atoms with van der Waals surface area (Å²) in [7, 11) is 3.10. The van der Waals surface area contributed by atoms with E-state index in [4.69, 9.17) is 9.47 Å². The largest absolute Gasteiger partial charge is 0.481 e. The van der Waals surface area contributed by atoms with Gasteiger partial charge in [-0.15, -0.1) is 0 Å². The third kappa shape index (κ3) is 5.12. The average Bonchev–Trinajstić information content (AvgIpc) is 2.37. The Bertz CT molecular complexity index is 359. The van der Waals surface area contributed by atoms with Gasteiger partial charge in [-0.05, 0) is 0 Å². The fourth-order valence-corrected chi connectivity index (χ4v) is 1.06. The van der Waals surface area contributed by atoms with Crippen LogP contribution in [0.5, 0.6) is 5.88 Å². The number of amides is 1. The Morgan fingerprint density at radius 2 is 2.29 bits per heavy atom. The molecule has 0 aromatic carbocycles. The number of methoxy groups -OCH3 is 2. The molecule has 1 heterocycles. The third-order valence-electron chi connectivity index (χ3n) is 1.87. The second-order valence-corrected chi connectivity index (χ2v) is 3.12. The molecule has 1 aromatic heterocycles. The van der Waals surface area contributed by atoms with Crippen LogP contribution < -0.4 is 15.4 Å². The number of nitrogens with zero attached hydrogens (tertiary/aromatic N) is 2. The maximum absolute atomic E-state index is 11.3. The van der Waals surface area contributed by atoms with Gasteiger partial charge in [-0.2, -0.15) is 4.98 Å². The summed E-state index contributed by atoms with van der Waals surface area (Å²) < 4.78 is 9.74. The van der Waals surface area contributed by atoms with Crippen molar-refractivity contribution in [3.05, 3.63) is 12.3 Å². The maximum Gasteiger partial charge on any atom is 0.239 e. The molecule has 0 spiro atoms. The Kier molecular flexibility index (Phi) is 5.73. The van der Waals surface area contributed by atoms with E-state index < -0.39 is 0 Å². The van der Waals surface area contributed by atoms with Crippen LogP contribution in [0.3, 0.4) is 0 Å². The van der Waals surface area contributed by atoms with Gasteiger partial charge in [-0.25, -0.2) is 4.98 Å². The number of ether oxygens (including phenoxy) is 2. The topological polar surface area (TPSA) is 85.4 Å². The molecule has 0 aliphatic carbocycles. The number of rotatable bonds is 7. The number of hydrogen-bond donors (Lipinski definition) is 2. The van der Waals surface area contributed by atoms with E-state index in [0.717, 1.165) is 0 Å². The molecule has 0 radical (unpaired) electrons. The van der Waals surface area contributed by atoms with Crippen LogP contribution in [-0.2, 0) is 9.53 Å². The summed E-state index contributed by atoms with van der Waals surface area (Å²) in [6.45, 7) is 1.08. The van der Waals surface area contributed by atoms with Crippen LogP contribution in [-0.4, -0.2) is 49.8 Å². The normalized spacial score (nSPS) is 9.76. The predicted molar refractivity (Wildman–Crippen MR) is 62.0 cm³/mol. The van der Waals surface area contributed by atoms with Gasteiger partial charge in [0.05, 0.1) is 20.3 Å². The summed E-state index contributed by atoms with van der Waals surface area (Å²) >= 11 is 0. The zero-order valence-corrected chi connectivity index (χ0v) is 9.90. The van der Waals surface area contributed by atoms with Gasteiger partial charge in [0.1, 0.15) is 0 Å². The first-order valence-corrected chi connectivity index (χ1v) is 5.13. The van der Waals surface area contributed by atoms with E-state index in [2.05, 4.69) is 20.6 Å². The quantitative estimate of drug-likeness (QED) is 0.634. The zero-order chi connectivity index (χ0) is 12.5. The van der Waals surface area contributed by atoms with Gasteiger partial charge in [-0.3, -0.25) is 4.79 Å². The maximum atomic E-state index is 11.3. The molecule has 0 saturated carbocycles. The monoisotopic (exact) mass is 240 g/mol. The summed E-state index contributed by atoms with van der Waals surface area (Å²) in [4.78, 5) is 19.3.